The van der Waals surface area contributed by atoms with Crippen LogP contribution in [-0.4, -0.2) is 97.9 Å². The van der Waals surface area contributed by atoms with E-state index in [1.54, 1.807) is 0 Å². The third-order valence-electron chi connectivity index (χ3n) is 7.66. The van der Waals surface area contributed by atoms with Crippen molar-refractivity contribution in [2.24, 2.45) is 0 Å². The number of likely N-dealkylation sites (N-methyl/N-ethyl adjacent to an activating group) is 1. The molecular formula is C30H44N4O2. The minimum atomic E-state index is 0.0459. The van der Waals surface area contributed by atoms with Crippen molar-refractivity contribution in [3.05, 3.63) is 70.8 Å². The lowest BCUT2D eigenvalue weighted by molar-refractivity contribution is 0.0535. The van der Waals surface area contributed by atoms with Crippen LogP contribution in [0, 0.1) is 0 Å². The Morgan fingerprint density at radius 2 is 1.19 bits per heavy atom. The summed E-state index contributed by atoms with van der Waals surface area (Å²) >= 11 is 0. The maximum Gasteiger partial charge on any atom is 0.253 e. The fourth-order valence-corrected chi connectivity index (χ4v) is 4.67. The Morgan fingerprint density at radius 3 is 1.58 bits per heavy atom. The van der Waals surface area contributed by atoms with Crippen LogP contribution in [0.4, 0.5) is 0 Å². The van der Waals surface area contributed by atoms with Crippen LogP contribution in [0.2, 0.25) is 0 Å². The van der Waals surface area contributed by atoms with E-state index in [1.807, 2.05) is 34.1 Å². The number of carbonyl (C=O) groups excluding carboxylic acids is 2. The van der Waals surface area contributed by atoms with Gasteiger partial charge in [-0.25, -0.2) is 0 Å². The van der Waals surface area contributed by atoms with Gasteiger partial charge in [0.15, 0.2) is 0 Å². The van der Waals surface area contributed by atoms with Crippen LogP contribution in [0.3, 0.4) is 0 Å². The second-order valence-electron chi connectivity index (χ2n) is 10.6. The summed E-state index contributed by atoms with van der Waals surface area (Å²) in [6, 6.07) is 17.1. The van der Waals surface area contributed by atoms with Crippen LogP contribution >= 0.6 is 0 Å². The van der Waals surface area contributed by atoms with Crippen molar-refractivity contribution in [1.29, 1.82) is 0 Å². The molecule has 2 aromatic rings. The minimum absolute atomic E-state index is 0.0459. The van der Waals surface area contributed by atoms with Gasteiger partial charge in [-0.2, -0.15) is 0 Å². The summed E-state index contributed by atoms with van der Waals surface area (Å²) in [5, 5.41) is 0. The second-order valence-corrected chi connectivity index (χ2v) is 10.6. The van der Waals surface area contributed by atoms with Crippen molar-refractivity contribution >= 4 is 11.8 Å². The topological polar surface area (TPSA) is 47.1 Å². The highest BCUT2D eigenvalue weighted by molar-refractivity contribution is 5.96. The van der Waals surface area contributed by atoms with Crippen molar-refractivity contribution in [2.45, 2.75) is 51.6 Å². The molecule has 6 nitrogen and oxygen atoms in total. The van der Waals surface area contributed by atoms with Gasteiger partial charge in [0.1, 0.15) is 0 Å². The molecular weight excluding hydrogens is 448 g/mol. The third kappa shape index (κ3) is 7.40. The van der Waals surface area contributed by atoms with E-state index in [4.69, 9.17) is 0 Å². The number of hydrogen-bond donors (Lipinski definition) is 0. The molecule has 1 heterocycles. The number of carbonyl (C=O) groups is 2. The highest BCUT2D eigenvalue weighted by atomic mass is 16.2. The first-order valence-electron chi connectivity index (χ1n) is 13.3. The number of piperazine rings is 1. The summed E-state index contributed by atoms with van der Waals surface area (Å²) in [6.07, 6.45) is 4.17. The summed E-state index contributed by atoms with van der Waals surface area (Å²) in [4.78, 5) is 34.3. The number of aryl methyl sites for hydroxylation is 1. The average molecular weight is 493 g/mol. The van der Waals surface area contributed by atoms with Crippen LogP contribution in [-0.2, 0) is 12.8 Å². The molecule has 1 aliphatic rings. The van der Waals surface area contributed by atoms with Gasteiger partial charge < -0.3 is 19.6 Å². The zero-order valence-electron chi connectivity index (χ0n) is 23.0. The van der Waals surface area contributed by atoms with Gasteiger partial charge in [-0.1, -0.05) is 31.2 Å². The summed E-state index contributed by atoms with van der Waals surface area (Å²) in [6.45, 7) is 6.68. The molecule has 0 aromatic heterocycles. The maximum atomic E-state index is 13.0. The largest absolute Gasteiger partial charge is 0.335 e. The first-order chi connectivity index (χ1) is 17.2. The number of nitrogens with zero attached hydrogens (tertiary/aromatic N) is 4. The SMILES string of the molecule is CCC(Cc1ccc(C(=O)N2CCN(C(=O)c3ccc(CCC(C)N(C)C)cc3)CC2)cc1)N(C)C. The molecule has 1 saturated heterocycles. The lowest BCUT2D eigenvalue weighted by atomic mass is 10.0. The standard InChI is InChI=1S/C30H44N4O2/c1-7-28(32(5)6)22-25-12-16-27(17-13-25)30(36)34-20-18-33(19-21-34)29(35)26-14-10-24(11-15-26)9-8-23(2)31(3)4/h10-17,23,28H,7-9,18-22H2,1-6H3. The van der Waals surface area contributed by atoms with Gasteiger partial charge in [-0.3, -0.25) is 9.59 Å². The lowest BCUT2D eigenvalue weighted by Gasteiger charge is -2.35. The average Bonchev–Trinajstić information content (AvgIpc) is 2.90. The molecule has 196 valence electrons. The molecule has 0 radical (unpaired) electrons. The van der Waals surface area contributed by atoms with E-state index in [0.717, 1.165) is 36.8 Å². The highest BCUT2D eigenvalue weighted by Crippen LogP contribution is 2.16. The van der Waals surface area contributed by atoms with E-state index in [2.05, 4.69) is 76.1 Å². The van der Waals surface area contributed by atoms with Crippen LogP contribution in [0.25, 0.3) is 0 Å². The van der Waals surface area contributed by atoms with Crippen molar-refractivity contribution in [2.75, 3.05) is 54.4 Å². The van der Waals surface area contributed by atoms with Crippen LogP contribution in [0.1, 0.15) is 58.5 Å². The summed E-state index contributed by atoms with van der Waals surface area (Å²) in [7, 11) is 8.42. The molecule has 2 unspecified atom stereocenters. The maximum absolute atomic E-state index is 13.0. The van der Waals surface area contributed by atoms with E-state index < -0.39 is 0 Å². The Bertz CT molecular complexity index is 977. The predicted octanol–water partition coefficient (Wildman–Crippen LogP) is 4.05. The number of hydrogen-bond acceptors (Lipinski definition) is 4. The van der Waals surface area contributed by atoms with E-state index >= 15 is 0 Å². The normalized spacial score (nSPS) is 15.9. The van der Waals surface area contributed by atoms with Crippen molar-refractivity contribution in [1.82, 2.24) is 19.6 Å². The van der Waals surface area contributed by atoms with Gasteiger partial charge in [0.25, 0.3) is 11.8 Å². The summed E-state index contributed by atoms with van der Waals surface area (Å²) in [5.74, 6) is 0.0932. The molecule has 1 aliphatic heterocycles. The molecule has 0 N–H and O–H groups in total. The summed E-state index contributed by atoms with van der Waals surface area (Å²) in [5.41, 5.74) is 3.95. The van der Waals surface area contributed by atoms with Crippen LogP contribution in [0.5, 0.6) is 0 Å². The fraction of sp³-hybridized carbons (Fsp3) is 0.533. The highest BCUT2D eigenvalue weighted by Gasteiger charge is 2.25. The van der Waals surface area contributed by atoms with Crippen molar-refractivity contribution < 1.29 is 9.59 Å². The van der Waals surface area contributed by atoms with Gasteiger partial charge in [-0.05, 0) is 96.2 Å². The predicted molar refractivity (Wildman–Crippen MR) is 148 cm³/mol. The Balaban J connectivity index is 1.50. The van der Waals surface area contributed by atoms with Crippen molar-refractivity contribution in [3.63, 3.8) is 0 Å². The summed E-state index contributed by atoms with van der Waals surface area (Å²) < 4.78 is 0. The van der Waals surface area contributed by atoms with E-state index in [0.29, 0.717) is 38.3 Å². The molecule has 6 heteroatoms. The van der Waals surface area contributed by atoms with E-state index in [1.165, 1.54) is 11.1 Å². The Morgan fingerprint density at radius 1 is 0.750 bits per heavy atom. The van der Waals surface area contributed by atoms with Gasteiger partial charge in [0.05, 0.1) is 0 Å². The van der Waals surface area contributed by atoms with Gasteiger partial charge in [0, 0.05) is 49.4 Å². The first-order valence-corrected chi connectivity index (χ1v) is 13.3. The number of benzene rings is 2. The molecule has 2 aromatic carbocycles. The Labute approximate surface area is 217 Å². The molecule has 0 aliphatic carbocycles. The Kier molecular flexibility index (Phi) is 10.1. The first kappa shape index (κ1) is 27.9. The number of rotatable bonds is 10. The quantitative estimate of drug-likeness (QED) is 0.502. The van der Waals surface area contributed by atoms with E-state index in [-0.39, 0.29) is 11.8 Å². The van der Waals surface area contributed by atoms with Crippen LogP contribution < -0.4 is 0 Å². The molecule has 0 saturated carbocycles. The molecule has 2 atom stereocenters. The van der Waals surface area contributed by atoms with Gasteiger partial charge >= 0.3 is 0 Å². The van der Waals surface area contributed by atoms with Gasteiger partial charge in [0.2, 0.25) is 0 Å². The monoisotopic (exact) mass is 492 g/mol. The third-order valence-corrected chi connectivity index (χ3v) is 7.66. The fourth-order valence-electron chi connectivity index (χ4n) is 4.67. The Hall–Kier alpha value is -2.70. The minimum Gasteiger partial charge on any atom is -0.335 e. The molecule has 36 heavy (non-hydrogen) atoms. The molecule has 3 rings (SSSR count). The molecule has 0 spiro atoms. The molecule has 2 amide bonds. The molecule has 1 fully saturated rings. The lowest BCUT2D eigenvalue weighted by Crippen LogP contribution is -2.50. The number of amides is 2. The zero-order chi connectivity index (χ0) is 26.2. The second kappa shape index (κ2) is 13.0. The zero-order valence-corrected chi connectivity index (χ0v) is 23.0. The smallest absolute Gasteiger partial charge is 0.253 e. The van der Waals surface area contributed by atoms with E-state index in [9.17, 15) is 9.59 Å². The van der Waals surface area contributed by atoms with Gasteiger partial charge in [-0.15, -0.1) is 0 Å². The van der Waals surface area contributed by atoms with Crippen LogP contribution in [0.15, 0.2) is 48.5 Å². The van der Waals surface area contributed by atoms with Crippen molar-refractivity contribution in [3.8, 4) is 0 Å². The molecule has 0 bridgehead atoms.